The summed E-state index contributed by atoms with van der Waals surface area (Å²) in [6, 6.07) is 116. The van der Waals surface area contributed by atoms with Gasteiger partial charge in [-0.3, -0.25) is 4.98 Å². The summed E-state index contributed by atoms with van der Waals surface area (Å²) >= 11 is 0. The van der Waals surface area contributed by atoms with Gasteiger partial charge in [-0.2, -0.15) is 72.4 Å². The second kappa shape index (κ2) is 34.9. The van der Waals surface area contributed by atoms with Crippen molar-refractivity contribution in [3.63, 3.8) is 0 Å². The molecule has 0 N–H and O–H groups in total. The molecule has 14 aromatic rings. The number of pyridine rings is 1. The Morgan fingerprint density at radius 2 is 0.782 bits per heavy atom. The molecule has 0 fully saturated rings. The van der Waals surface area contributed by atoms with Crippen LogP contribution in [0.5, 0.6) is 0 Å². The zero-order valence-electron chi connectivity index (χ0n) is 62.6. The fraction of sp³-hybridized carbons (Fsp3) is 0.101. The molecule has 7 nitrogen and oxygen atoms in total. The molecule has 17 rings (SSSR count). The summed E-state index contributed by atoms with van der Waals surface area (Å²) in [7, 11) is 0. The first-order valence-corrected chi connectivity index (χ1v) is 36.3. The van der Waals surface area contributed by atoms with Gasteiger partial charge < -0.3 is 29.8 Å². The molecule has 3 aliphatic heterocycles. The minimum Gasteiger partial charge on any atom is -0.668 e. The van der Waals surface area contributed by atoms with E-state index in [0.717, 1.165) is 101 Å². The summed E-state index contributed by atoms with van der Waals surface area (Å²) < 4.78 is 0. The number of allylic oxidation sites excluding steroid dienone is 2. The fourth-order valence-electron chi connectivity index (χ4n) is 15.4. The number of aryl methyl sites for hydroxylation is 7. The first-order valence-electron chi connectivity index (χ1n) is 36.3. The van der Waals surface area contributed by atoms with Crippen molar-refractivity contribution in [2.75, 3.05) is 24.5 Å². The van der Waals surface area contributed by atoms with Crippen LogP contribution >= 0.6 is 0 Å². The summed E-state index contributed by atoms with van der Waals surface area (Å²) in [4.78, 5) is 16.0. The molecule has 554 valence electrons. The van der Waals surface area contributed by atoms with Crippen molar-refractivity contribution in [2.45, 2.75) is 68.5 Å². The number of para-hydroxylation sites is 5. The Morgan fingerprint density at radius 3 is 1.26 bits per heavy atom. The molecule has 0 saturated carbocycles. The first-order chi connectivity index (χ1) is 51.8. The van der Waals surface area contributed by atoms with Gasteiger partial charge in [-0.25, -0.2) is 0 Å². The molecule has 3 aliphatic rings. The van der Waals surface area contributed by atoms with E-state index in [1.807, 2.05) is 18.5 Å². The zero-order valence-corrected chi connectivity index (χ0v) is 72.1. The van der Waals surface area contributed by atoms with Crippen molar-refractivity contribution in [3.8, 4) is 89.1 Å². The van der Waals surface area contributed by atoms with Gasteiger partial charge >= 0.3 is 0 Å². The van der Waals surface area contributed by atoms with Crippen LogP contribution in [-0.4, -0.2) is 4.98 Å². The monoisotopic (exact) mass is 2140 g/mol. The number of rotatable bonds is 14. The molecule has 0 spiro atoms. The van der Waals surface area contributed by atoms with Crippen LogP contribution in [0.1, 0.15) is 64.5 Å². The largest absolute Gasteiger partial charge is 0.668 e. The van der Waals surface area contributed by atoms with Gasteiger partial charge in [0.1, 0.15) is 0 Å². The molecule has 13 aromatic carbocycles. The normalized spacial score (nSPS) is 13.3. The molecular formula is C99H80Ir4N7-7. The SMILES string of the molecule is CC1=C(C)N(c2ccccc2)[CH-]N1c1[c-]cc(-c2cccc(-c3c[c-]c(-c4cnc(-c5ccccc5)c(C)c4)cc3)c2-c2cc(C)cc(C)c2)cc1.Cc1cc(C)cc(-c2c(-c3c[c-]c(C4[N-]C=CN4c4c(C)cccc4C)cc3)cccc2-c2c[c-]c(N3[CH-]N(c4ccccc4)c4ccccc43)cc2)c1.[Ir].[Ir].[Ir].[Ir]. The Kier molecular flexibility index (Phi) is 25.2. The van der Waals surface area contributed by atoms with Crippen LogP contribution in [0.3, 0.4) is 0 Å². The maximum absolute atomic E-state index is 4.86. The minimum atomic E-state index is -0.155. The van der Waals surface area contributed by atoms with E-state index in [0.29, 0.717) is 0 Å². The molecule has 1 aromatic heterocycles. The predicted molar refractivity (Wildman–Crippen MR) is 442 cm³/mol. The molecule has 1 atom stereocenters. The number of fused-ring (bicyclic) bond motifs is 1. The van der Waals surface area contributed by atoms with Gasteiger partial charge in [0.15, 0.2) is 0 Å². The molecule has 0 aliphatic carbocycles. The van der Waals surface area contributed by atoms with Crippen LogP contribution in [0.15, 0.2) is 315 Å². The molecule has 0 bridgehead atoms. The second-order valence-corrected chi connectivity index (χ2v) is 27.9. The van der Waals surface area contributed by atoms with E-state index in [2.05, 4.69) is 410 Å². The van der Waals surface area contributed by atoms with Gasteiger partial charge in [-0.15, -0.1) is 83.4 Å². The van der Waals surface area contributed by atoms with Gasteiger partial charge in [0, 0.05) is 126 Å². The van der Waals surface area contributed by atoms with E-state index in [4.69, 9.17) is 10.3 Å². The van der Waals surface area contributed by atoms with Crippen LogP contribution in [-0.2, 0) is 80.4 Å². The molecule has 4 heterocycles. The molecule has 1 unspecified atom stereocenters. The van der Waals surface area contributed by atoms with E-state index in [1.54, 1.807) is 0 Å². The number of anilines is 7. The van der Waals surface area contributed by atoms with Crippen molar-refractivity contribution < 1.29 is 80.4 Å². The maximum Gasteiger partial charge on any atom is 0.0713 e. The Labute approximate surface area is 703 Å². The zero-order chi connectivity index (χ0) is 72.5. The van der Waals surface area contributed by atoms with Crippen LogP contribution in [0.4, 0.5) is 39.8 Å². The van der Waals surface area contributed by atoms with Crippen LogP contribution < -0.4 is 24.5 Å². The van der Waals surface area contributed by atoms with Crippen molar-refractivity contribution in [1.29, 1.82) is 0 Å². The van der Waals surface area contributed by atoms with Gasteiger partial charge in [0.25, 0.3) is 0 Å². The second-order valence-electron chi connectivity index (χ2n) is 27.9. The summed E-state index contributed by atoms with van der Waals surface area (Å²) in [5.41, 5.74) is 37.9. The Morgan fingerprint density at radius 1 is 0.345 bits per heavy atom. The van der Waals surface area contributed by atoms with Gasteiger partial charge in [0.2, 0.25) is 0 Å². The summed E-state index contributed by atoms with van der Waals surface area (Å²) in [5, 5.41) is 4.86. The van der Waals surface area contributed by atoms with Crippen molar-refractivity contribution in [2.24, 2.45) is 0 Å². The standard InChI is InChI=1S/C50H40N4.C49H40N3.4Ir/c1-34-30-35(2)32-41(31-34)48-44(38-20-22-40(23-21-38)50-51-28-29-52(50)49-36(3)12-10-13-37(49)4)16-11-17-45(48)39-24-26-43(27-25-39)54-33-53(42-14-6-5-7-15-42)46-18-8-9-19-47(46)54;1-33-27-34(2)29-42(28-33)48-46(39-21-19-38(20-22-39)43-30-35(3)49(50-31-43)41-13-8-6-9-14-41)17-12-18-47(48)40-23-25-45(26-24-40)52-32-51(36(4)37(52)5)44-15-10-7-11-16-44;;;;/h5-22,24-26,28-33,50H,1-4H3;6-19,21-25,27-32H,1-5H3;;;;/q-4;-3;;;;. The molecule has 0 amide bonds. The Bertz CT molecular complexity index is 5570. The van der Waals surface area contributed by atoms with Crippen LogP contribution in [0.2, 0.25) is 0 Å². The van der Waals surface area contributed by atoms with Crippen molar-refractivity contribution in [1.82, 2.24) is 4.98 Å². The average Bonchev–Trinajstić information content (AvgIpc) is 1.05. The number of benzene rings is 13. The van der Waals surface area contributed by atoms with Gasteiger partial charge in [-0.05, 0) is 156 Å². The molecule has 4 radical (unpaired) electrons. The van der Waals surface area contributed by atoms with Crippen molar-refractivity contribution in [3.05, 3.63) is 403 Å². The van der Waals surface area contributed by atoms with E-state index in [9.17, 15) is 0 Å². The van der Waals surface area contributed by atoms with Gasteiger partial charge in [-0.1, -0.05) is 232 Å². The average molecular weight is 2140 g/mol. The first kappa shape index (κ1) is 79.4. The summed E-state index contributed by atoms with van der Waals surface area (Å²) in [6.07, 6.45) is 5.78. The maximum atomic E-state index is 4.86. The van der Waals surface area contributed by atoms with Crippen molar-refractivity contribution >= 4 is 39.8 Å². The Hall–Kier alpha value is -10.1. The van der Waals surface area contributed by atoms with E-state index >= 15 is 0 Å². The number of nitrogens with zero attached hydrogens (tertiary/aromatic N) is 7. The predicted octanol–water partition coefficient (Wildman–Crippen LogP) is 25.9. The molecular weight excluding hydrogens is 2060 g/mol. The van der Waals surface area contributed by atoms with E-state index in [-0.39, 0.29) is 86.6 Å². The quantitative estimate of drug-likeness (QED) is 0.101. The minimum absolute atomic E-state index is 0. The van der Waals surface area contributed by atoms with E-state index < -0.39 is 0 Å². The number of hydrogen-bond acceptors (Lipinski definition) is 6. The van der Waals surface area contributed by atoms with E-state index in [1.165, 1.54) is 83.8 Å². The Balaban J connectivity index is 0.000000198. The smallest absolute Gasteiger partial charge is 0.0713 e. The van der Waals surface area contributed by atoms with Crippen LogP contribution in [0, 0.1) is 86.1 Å². The van der Waals surface area contributed by atoms with Crippen LogP contribution in [0.25, 0.3) is 94.5 Å². The number of hydrogen-bond donors (Lipinski definition) is 0. The molecule has 11 heteroatoms. The third-order valence-electron chi connectivity index (χ3n) is 20.5. The molecule has 110 heavy (non-hydrogen) atoms. The summed E-state index contributed by atoms with van der Waals surface area (Å²) in [5.74, 6) is 0. The summed E-state index contributed by atoms with van der Waals surface area (Å²) in [6.45, 7) is 23.8. The fourth-order valence-corrected chi connectivity index (χ4v) is 15.4. The topological polar surface area (TPSA) is 43.2 Å². The number of aromatic nitrogens is 1. The molecule has 0 saturated heterocycles. The van der Waals surface area contributed by atoms with Gasteiger partial charge in [0.05, 0.1) is 5.69 Å². The third kappa shape index (κ3) is 16.2. The third-order valence-corrected chi connectivity index (χ3v) is 20.5.